The Hall–Kier alpha value is -2.61. The highest BCUT2D eigenvalue weighted by Crippen LogP contribution is 2.16. The number of hydrogen-bond acceptors (Lipinski definition) is 2. The van der Waals surface area contributed by atoms with Crippen molar-refractivity contribution in [3.8, 4) is 12.3 Å². The van der Waals surface area contributed by atoms with E-state index in [-0.39, 0.29) is 31.0 Å². The van der Waals surface area contributed by atoms with Crippen LogP contribution in [0, 0.1) is 25.1 Å². The van der Waals surface area contributed by atoms with Crippen LogP contribution in [-0.4, -0.2) is 29.8 Å². The predicted octanol–water partition coefficient (Wildman–Crippen LogP) is 2.50. The van der Waals surface area contributed by atoms with Crippen molar-refractivity contribution in [2.24, 2.45) is 0 Å². The van der Waals surface area contributed by atoms with Crippen LogP contribution >= 0.6 is 0 Å². The first kappa shape index (κ1) is 17.4. The van der Waals surface area contributed by atoms with Gasteiger partial charge in [0, 0.05) is 19.4 Å². The first-order chi connectivity index (χ1) is 10.5. The average Bonchev–Trinajstić information content (AvgIpc) is 2.48. The fourth-order valence-corrected chi connectivity index (χ4v) is 1.85. The third kappa shape index (κ3) is 5.41. The minimum atomic E-state index is -0.508. The van der Waals surface area contributed by atoms with Gasteiger partial charge in [-0.15, -0.1) is 13.0 Å². The standard InChI is InChI=1S/C17H19FN2O2/c1-4-10-20(11-5-2)17(22)9-8-16(21)19-15-12-13(3)6-7-14(15)18/h1,5-7,12H,2,8-11H2,3H3,(H,19,21). The molecule has 0 aliphatic heterocycles. The molecule has 0 bridgehead atoms. The molecule has 4 nitrogen and oxygen atoms in total. The summed E-state index contributed by atoms with van der Waals surface area (Å²) in [4.78, 5) is 25.2. The first-order valence-corrected chi connectivity index (χ1v) is 6.86. The maximum atomic E-state index is 13.5. The quantitative estimate of drug-likeness (QED) is 0.621. The van der Waals surface area contributed by atoms with Gasteiger partial charge in [-0.1, -0.05) is 18.1 Å². The maximum Gasteiger partial charge on any atom is 0.224 e. The van der Waals surface area contributed by atoms with Gasteiger partial charge in [0.05, 0.1) is 12.2 Å². The van der Waals surface area contributed by atoms with Crippen LogP contribution in [0.1, 0.15) is 18.4 Å². The third-order valence-electron chi connectivity index (χ3n) is 2.95. The minimum Gasteiger partial charge on any atom is -0.328 e. The molecule has 5 heteroatoms. The number of hydrogen-bond donors (Lipinski definition) is 1. The largest absolute Gasteiger partial charge is 0.328 e. The van der Waals surface area contributed by atoms with Crippen molar-refractivity contribution in [1.82, 2.24) is 4.90 Å². The van der Waals surface area contributed by atoms with Crippen LogP contribution in [0.3, 0.4) is 0 Å². The van der Waals surface area contributed by atoms with Gasteiger partial charge >= 0.3 is 0 Å². The van der Waals surface area contributed by atoms with E-state index >= 15 is 0 Å². The van der Waals surface area contributed by atoms with E-state index in [9.17, 15) is 14.0 Å². The molecular formula is C17H19FN2O2. The topological polar surface area (TPSA) is 49.4 Å². The van der Waals surface area contributed by atoms with E-state index in [2.05, 4.69) is 17.8 Å². The summed E-state index contributed by atoms with van der Waals surface area (Å²) in [6, 6.07) is 4.44. The molecule has 116 valence electrons. The van der Waals surface area contributed by atoms with E-state index in [0.29, 0.717) is 6.54 Å². The lowest BCUT2D eigenvalue weighted by atomic mass is 10.2. The molecule has 0 saturated carbocycles. The molecule has 0 spiro atoms. The van der Waals surface area contributed by atoms with Gasteiger partial charge < -0.3 is 10.2 Å². The summed E-state index contributed by atoms with van der Waals surface area (Å²) in [6.07, 6.45) is 6.73. The van der Waals surface area contributed by atoms with Gasteiger partial charge in [-0.3, -0.25) is 9.59 Å². The lowest BCUT2D eigenvalue weighted by Gasteiger charge is -2.18. The van der Waals surface area contributed by atoms with Crippen molar-refractivity contribution in [1.29, 1.82) is 0 Å². The number of carbonyl (C=O) groups is 2. The highest BCUT2D eigenvalue weighted by Gasteiger charge is 2.14. The zero-order valence-corrected chi connectivity index (χ0v) is 12.6. The lowest BCUT2D eigenvalue weighted by Crippen LogP contribution is -2.32. The molecule has 22 heavy (non-hydrogen) atoms. The van der Waals surface area contributed by atoms with E-state index in [1.54, 1.807) is 19.1 Å². The number of rotatable bonds is 7. The Morgan fingerprint density at radius 2 is 2.18 bits per heavy atom. The van der Waals surface area contributed by atoms with Crippen LogP contribution in [-0.2, 0) is 9.59 Å². The highest BCUT2D eigenvalue weighted by atomic mass is 19.1. The molecule has 1 aromatic rings. The molecule has 1 aromatic carbocycles. The van der Waals surface area contributed by atoms with Crippen molar-refractivity contribution < 1.29 is 14.0 Å². The monoisotopic (exact) mass is 302 g/mol. The van der Waals surface area contributed by atoms with Crippen molar-refractivity contribution in [3.05, 3.63) is 42.2 Å². The Bertz CT molecular complexity index is 605. The molecule has 0 aliphatic rings. The van der Waals surface area contributed by atoms with Gasteiger partial charge in [-0.2, -0.15) is 0 Å². The lowest BCUT2D eigenvalue weighted by molar-refractivity contribution is -0.131. The Labute approximate surface area is 130 Å². The van der Waals surface area contributed by atoms with Crippen LogP contribution in [0.2, 0.25) is 0 Å². The second-order valence-electron chi connectivity index (χ2n) is 4.80. The molecule has 1 N–H and O–H groups in total. The molecular weight excluding hydrogens is 283 g/mol. The molecule has 0 aromatic heterocycles. The number of carbonyl (C=O) groups excluding carboxylic acids is 2. The Morgan fingerprint density at radius 3 is 2.82 bits per heavy atom. The number of halogens is 1. The summed E-state index contributed by atoms with van der Waals surface area (Å²) in [7, 11) is 0. The molecule has 0 atom stereocenters. The summed E-state index contributed by atoms with van der Waals surface area (Å²) < 4.78 is 13.5. The summed E-state index contributed by atoms with van der Waals surface area (Å²) in [5.74, 6) is 1.22. The SMILES string of the molecule is C#CCN(CC=C)C(=O)CCC(=O)Nc1cc(C)ccc1F. The van der Waals surface area contributed by atoms with E-state index in [1.807, 2.05) is 0 Å². The number of nitrogens with one attached hydrogen (secondary N) is 1. The third-order valence-corrected chi connectivity index (χ3v) is 2.95. The van der Waals surface area contributed by atoms with Gasteiger partial charge in [-0.25, -0.2) is 4.39 Å². The van der Waals surface area contributed by atoms with E-state index in [1.165, 1.54) is 17.0 Å². The number of aryl methyl sites for hydroxylation is 1. The Balaban J connectivity index is 2.55. The van der Waals surface area contributed by atoms with Gasteiger partial charge in [0.2, 0.25) is 11.8 Å². The molecule has 0 aliphatic carbocycles. The normalized spacial score (nSPS) is 9.68. The average molecular weight is 302 g/mol. The number of nitrogens with zero attached hydrogens (tertiary/aromatic N) is 1. The van der Waals surface area contributed by atoms with Crippen LogP contribution in [0.15, 0.2) is 30.9 Å². The zero-order chi connectivity index (χ0) is 16.5. The Morgan fingerprint density at radius 1 is 1.45 bits per heavy atom. The summed E-state index contributed by atoms with van der Waals surface area (Å²) in [5.41, 5.74) is 0.947. The summed E-state index contributed by atoms with van der Waals surface area (Å²) >= 11 is 0. The highest BCUT2D eigenvalue weighted by molar-refractivity contribution is 5.93. The van der Waals surface area contributed by atoms with Gasteiger partial charge in [-0.05, 0) is 24.6 Å². The van der Waals surface area contributed by atoms with Gasteiger partial charge in [0.25, 0.3) is 0 Å². The second-order valence-corrected chi connectivity index (χ2v) is 4.80. The number of terminal acetylenes is 1. The maximum absolute atomic E-state index is 13.5. The van der Waals surface area contributed by atoms with Crippen LogP contribution in [0.25, 0.3) is 0 Å². The van der Waals surface area contributed by atoms with Crippen molar-refractivity contribution in [2.45, 2.75) is 19.8 Å². The van der Waals surface area contributed by atoms with Gasteiger partial charge in [0.1, 0.15) is 5.82 Å². The molecule has 0 fully saturated rings. The fourth-order valence-electron chi connectivity index (χ4n) is 1.85. The first-order valence-electron chi connectivity index (χ1n) is 6.86. The number of benzene rings is 1. The summed E-state index contributed by atoms with van der Waals surface area (Å²) in [6.45, 7) is 5.84. The van der Waals surface area contributed by atoms with Crippen molar-refractivity contribution >= 4 is 17.5 Å². The smallest absolute Gasteiger partial charge is 0.224 e. The number of amides is 2. The molecule has 0 saturated heterocycles. The zero-order valence-electron chi connectivity index (χ0n) is 12.6. The van der Waals surface area contributed by atoms with E-state index < -0.39 is 11.7 Å². The van der Waals surface area contributed by atoms with E-state index in [0.717, 1.165) is 5.56 Å². The van der Waals surface area contributed by atoms with E-state index in [4.69, 9.17) is 6.42 Å². The molecule has 2 amide bonds. The predicted molar refractivity (Wildman–Crippen MR) is 84.6 cm³/mol. The van der Waals surface area contributed by atoms with Crippen LogP contribution in [0.5, 0.6) is 0 Å². The number of anilines is 1. The Kier molecular flexibility index (Phi) is 6.84. The fraction of sp³-hybridized carbons (Fsp3) is 0.294. The molecule has 0 heterocycles. The van der Waals surface area contributed by atoms with Crippen LogP contribution in [0.4, 0.5) is 10.1 Å². The van der Waals surface area contributed by atoms with Crippen molar-refractivity contribution in [3.63, 3.8) is 0 Å². The van der Waals surface area contributed by atoms with Crippen molar-refractivity contribution in [2.75, 3.05) is 18.4 Å². The second kappa shape index (κ2) is 8.63. The molecule has 0 unspecified atom stereocenters. The molecule has 1 rings (SSSR count). The molecule has 0 radical (unpaired) electrons. The summed E-state index contributed by atoms with van der Waals surface area (Å²) in [5, 5.41) is 2.46. The van der Waals surface area contributed by atoms with Crippen LogP contribution < -0.4 is 5.32 Å². The van der Waals surface area contributed by atoms with Gasteiger partial charge in [0.15, 0.2) is 0 Å². The minimum absolute atomic E-state index is 0.00872.